The molecule has 5 heteroatoms. The van der Waals surface area contributed by atoms with E-state index in [1.54, 1.807) is 0 Å². The molecule has 3 rings (SSSR count). The van der Waals surface area contributed by atoms with Crippen molar-refractivity contribution in [3.63, 3.8) is 0 Å². The average molecular weight is 379 g/mol. The highest BCUT2D eigenvalue weighted by atomic mass is 35.5. The third-order valence-electron chi connectivity index (χ3n) is 4.32. The molecule has 0 saturated heterocycles. The molecule has 3 nitrogen and oxygen atoms in total. The first kappa shape index (κ1) is 19.6. The Labute approximate surface area is 160 Å². The number of aryl methyl sites for hydroxylation is 1. The quantitative estimate of drug-likeness (QED) is 0.559. The van der Waals surface area contributed by atoms with Gasteiger partial charge in [-0.3, -0.25) is 0 Å². The minimum atomic E-state index is 0. The van der Waals surface area contributed by atoms with Gasteiger partial charge in [0, 0.05) is 28.8 Å². The number of rotatable bonds is 5. The van der Waals surface area contributed by atoms with Crippen LogP contribution in [0, 0.1) is 19.8 Å². The van der Waals surface area contributed by atoms with Crippen molar-refractivity contribution in [2.24, 2.45) is 5.92 Å². The molecule has 0 unspecified atom stereocenters. The normalized spacial score (nSPS) is 11.0. The minimum Gasteiger partial charge on any atom is -0.476 e. The lowest BCUT2D eigenvalue weighted by atomic mass is 10.2. The highest BCUT2D eigenvalue weighted by Gasteiger charge is 2.16. The zero-order valence-corrected chi connectivity index (χ0v) is 16.6. The second kappa shape index (κ2) is 8.11. The standard InChI is InChI=1S/C20H23ClN2O.ClH/c1-13(2)12-24-20-19-18(9-10-22-20)14(3)15(4)23(19)11-16-5-7-17(21)8-6-16;/h5-10,13H,11-12H2,1-4H3;1H. The summed E-state index contributed by atoms with van der Waals surface area (Å²) in [5.74, 6) is 1.18. The van der Waals surface area contributed by atoms with Gasteiger partial charge in [-0.1, -0.05) is 37.6 Å². The third kappa shape index (κ3) is 4.10. The van der Waals surface area contributed by atoms with Gasteiger partial charge in [-0.15, -0.1) is 12.4 Å². The van der Waals surface area contributed by atoms with E-state index in [0.717, 1.165) is 17.1 Å². The second-order valence-electron chi connectivity index (χ2n) is 6.64. The Morgan fingerprint density at radius 2 is 1.80 bits per heavy atom. The molecule has 0 aliphatic heterocycles. The summed E-state index contributed by atoms with van der Waals surface area (Å²) in [6.07, 6.45) is 1.83. The summed E-state index contributed by atoms with van der Waals surface area (Å²) >= 11 is 6.00. The Morgan fingerprint density at radius 1 is 1.12 bits per heavy atom. The lowest BCUT2D eigenvalue weighted by molar-refractivity contribution is 0.263. The molecule has 0 N–H and O–H groups in total. The van der Waals surface area contributed by atoms with E-state index >= 15 is 0 Å². The molecular weight excluding hydrogens is 355 g/mol. The van der Waals surface area contributed by atoms with Crippen LogP contribution in [0.25, 0.3) is 10.9 Å². The third-order valence-corrected chi connectivity index (χ3v) is 4.57. The van der Waals surface area contributed by atoms with Crippen LogP contribution in [0.3, 0.4) is 0 Å². The van der Waals surface area contributed by atoms with Crippen LogP contribution >= 0.6 is 24.0 Å². The van der Waals surface area contributed by atoms with Gasteiger partial charge in [0.1, 0.15) is 5.52 Å². The molecule has 2 heterocycles. The summed E-state index contributed by atoms with van der Waals surface area (Å²) in [5.41, 5.74) is 4.79. The van der Waals surface area contributed by atoms with E-state index in [4.69, 9.17) is 16.3 Å². The predicted molar refractivity (Wildman–Crippen MR) is 107 cm³/mol. The van der Waals surface area contributed by atoms with Crippen LogP contribution in [0.1, 0.15) is 30.7 Å². The monoisotopic (exact) mass is 378 g/mol. The van der Waals surface area contributed by atoms with E-state index in [-0.39, 0.29) is 12.4 Å². The summed E-state index contributed by atoms with van der Waals surface area (Å²) in [7, 11) is 0. The number of nitrogens with zero attached hydrogens (tertiary/aromatic N) is 2. The van der Waals surface area contributed by atoms with Crippen molar-refractivity contribution >= 4 is 34.9 Å². The first-order valence-electron chi connectivity index (χ1n) is 8.29. The van der Waals surface area contributed by atoms with Crippen LogP contribution in [0.2, 0.25) is 5.02 Å². The van der Waals surface area contributed by atoms with Crippen LogP contribution in [-0.2, 0) is 6.54 Å². The molecule has 0 amide bonds. The Hall–Kier alpha value is -1.71. The lowest BCUT2D eigenvalue weighted by Crippen LogP contribution is -2.08. The number of fused-ring (bicyclic) bond motifs is 1. The molecule has 3 aromatic rings. The molecule has 0 spiro atoms. The molecule has 25 heavy (non-hydrogen) atoms. The molecule has 0 aliphatic rings. The molecule has 0 atom stereocenters. The molecule has 134 valence electrons. The summed E-state index contributed by atoms with van der Waals surface area (Å²) in [4.78, 5) is 4.49. The van der Waals surface area contributed by atoms with Crippen molar-refractivity contribution in [2.45, 2.75) is 34.2 Å². The lowest BCUT2D eigenvalue weighted by Gasteiger charge is -2.13. The minimum absolute atomic E-state index is 0. The van der Waals surface area contributed by atoms with Crippen LogP contribution < -0.4 is 4.74 Å². The predicted octanol–water partition coefficient (Wildman–Crippen LogP) is 5.81. The number of halogens is 2. The van der Waals surface area contributed by atoms with Crippen LogP contribution in [-0.4, -0.2) is 16.2 Å². The number of pyridine rings is 1. The Morgan fingerprint density at radius 3 is 2.44 bits per heavy atom. The summed E-state index contributed by atoms with van der Waals surface area (Å²) < 4.78 is 8.28. The van der Waals surface area contributed by atoms with Crippen molar-refractivity contribution in [3.05, 3.63) is 58.4 Å². The molecule has 0 saturated carbocycles. The largest absolute Gasteiger partial charge is 0.476 e. The maximum absolute atomic E-state index is 6.00. The summed E-state index contributed by atoms with van der Waals surface area (Å²) in [5, 5.41) is 1.96. The zero-order valence-electron chi connectivity index (χ0n) is 15.0. The van der Waals surface area contributed by atoms with Crippen molar-refractivity contribution < 1.29 is 4.74 Å². The highest BCUT2D eigenvalue weighted by molar-refractivity contribution is 6.30. The van der Waals surface area contributed by atoms with Gasteiger partial charge in [0.25, 0.3) is 0 Å². The Balaban J connectivity index is 0.00000225. The van der Waals surface area contributed by atoms with Gasteiger partial charge in [-0.05, 0) is 49.1 Å². The smallest absolute Gasteiger partial charge is 0.238 e. The molecule has 0 aliphatic carbocycles. The number of hydrogen-bond donors (Lipinski definition) is 0. The summed E-state index contributed by atoms with van der Waals surface area (Å²) in [6.45, 7) is 10.0. The van der Waals surface area contributed by atoms with Gasteiger partial charge in [-0.25, -0.2) is 4.98 Å². The van der Waals surface area contributed by atoms with Gasteiger partial charge in [0.15, 0.2) is 0 Å². The summed E-state index contributed by atoms with van der Waals surface area (Å²) in [6, 6.07) is 10.1. The van der Waals surface area contributed by atoms with Crippen LogP contribution in [0.15, 0.2) is 36.5 Å². The fourth-order valence-electron chi connectivity index (χ4n) is 2.88. The average Bonchev–Trinajstić information content (AvgIpc) is 2.80. The van der Waals surface area contributed by atoms with E-state index in [9.17, 15) is 0 Å². The number of benzene rings is 1. The molecule has 2 aromatic heterocycles. The van der Waals surface area contributed by atoms with Crippen molar-refractivity contribution in [1.82, 2.24) is 9.55 Å². The van der Waals surface area contributed by atoms with Gasteiger partial charge < -0.3 is 9.30 Å². The molecule has 0 radical (unpaired) electrons. The Bertz CT molecular complexity index is 854. The SMILES string of the molecule is Cc1c(C)n(Cc2ccc(Cl)cc2)c2c(OCC(C)C)nccc12.Cl. The van der Waals surface area contributed by atoms with E-state index in [0.29, 0.717) is 18.4 Å². The van der Waals surface area contributed by atoms with E-state index in [1.807, 2.05) is 18.3 Å². The van der Waals surface area contributed by atoms with Gasteiger partial charge in [-0.2, -0.15) is 0 Å². The topological polar surface area (TPSA) is 27.1 Å². The fraction of sp³-hybridized carbons (Fsp3) is 0.350. The molecule has 1 aromatic carbocycles. The van der Waals surface area contributed by atoms with E-state index in [1.165, 1.54) is 22.2 Å². The van der Waals surface area contributed by atoms with E-state index in [2.05, 4.69) is 55.4 Å². The number of ether oxygens (including phenoxy) is 1. The molecule has 0 bridgehead atoms. The van der Waals surface area contributed by atoms with Crippen molar-refractivity contribution in [2.75, 3.05) is 6.61 Å². The Kier molecular flexibility index (Phi) is 6.36. The van der Waals surface area contributed by atoms with Crippen molar-refractivity contribution in [1.29, 1.82) is 0 Å². The second-order valence-corrected chi connectivity index (χ2v) is 7.08. The van der Waals surface area contributed by atoms with E-state index < -0.39 is 0 Å². The molecule has 0 fully saturated rings. The zero-order chi connectivity index (χ0) is 17.3. The van der Waals surface area contributed by atoms with Crippen molar-refractivity contribution in [3.8, 4) is 5.88 Å². The van der Waals surface area contributed by atoms with Gasteiger partial charge in [0.2, 0.25) is 5.88 Å². The number of aromatic nitrogens is 2. The molecular formula is C20H24Cl2N2O. The number of hydrogen-bond acceptors (Lipinski definition) is 2. The van der Waals surface area contributed by atoms with Crippen LogP contribution in [0.5, 0.6) is 5.88 Å². The maximum Gasteiger partial charge on any atom is 0.238 e. The highest BCUT2D eigenvalue weighted by Crippen LogP contribution is 2.31. The first-order valence-corrected chi connectivity index (χ1v) is 8.66. The first-order chi connectivity index (χ1) is 11.5. The van der Waals surface area contributed by atoms with Gasteiger partial charge >= 0.3 is 0 Å². The van der Waals surface area contributed by atoms with Crippen LogP contribution in [0.4, 0.5) is 0 Å². The van der Waals surface area contributed by atoms with Gasteiger partial charge in [0.05, 0.1) is 6.61 Å². The fourth-order valence-corrected chi connectivity index (χ4v) is 3.01. The maximum atomic E-state index is 6.00.